The fourth-order valence-electron chi connectivity index (χ4n) is 1.70. The van der Waals surface area contributed by atoms with Gasteiger partial charge in [-0.1, -0.05) is 11.8 Å². The van der Waals surface area contributed by atoms with Crippen LogP contribution in [0.4, 0.5) is 0 Å². The Morgan fingerprint density at radius 2 is 2.00 bits per heavy atom. The summed E-state index contributed by atoms with van der Waals surface area (Å²) in [6.45, 7) is 1.41. The van der Waals surface area contributed by atoms with Crippen molar-refractivity contribution in [1.29, 1.82) is 0 Å². The molecule has 0 unspecified atom stereocenters. The second-order valence-corrected chi connectivity index (χ2v) is 6.16. The monoisotopic (exact) mass is 386 g/mol. The number of fused-ring (bicyclic) bond motifs is 1. The van der Waals surface area contributed by atoms with Crippen LogP contribution in [0.25, 0.3) is 0 Å². The van der Waals surface area contributed by atoms with Gasteiger partial charge in [0.1, 0.15) is 11.4 Å². The molecule has 0 N–H and O–H groups in total. The Bertz CT molecular complexity index is 595. The van der Waals surface area contributed by atoms with Gasteiger partial charge in [-0.15, -0.1) is 0 Å². The minimum atomic E-state index is 0.701. The summed E-state index contributed by atoms with van der Waals surface area (Å²) in [5, 5.41) is 0.949. The molecule has 0 bridgehead atoms. The number of hydrogen-bond acceptors (Lipinski definition) is 5. The fraction of sp³-hybridized carbons (Fsp3) is 0.231. The lowest BCUT2D eigenvalue weighted by Crippen LogP contribution is -1.97. The molecule has 6 heteroatoms. The quantitative estimate of drug-likeness (QED) is 0.585. The van der Waals surface area contributed by atoms with Crippen molar-refractivity contribution in [1.82, 2.24) is 9.97 Å². The summed E-state index contributed by atoms with van der Waals surface area (Å²) >= 11 is 3.83. The molecule has 0 spiro atoms. The molecule has 1 aromatic carbocycles. The second-order valence-electron chi connectivity index (χ2n) is 3.94. The molecule has 0 saturated carbocycles. The molecule has 3 rings (SSSR count). The maximum Gasteiger partial charge on any atom is 0.162 e. The molecule has 0 atom stereocenters. The van der Waals surface area contributed by atoms with Crippen molar-refractivity contribution in [2.75, 3.05) is 13.2 Å². The van der Waals surface area contributed by atoms with Crippen molar-refractivity contribution in [2.45, 2.75) is 16.3 Å². The van der Waals surface area contributed by atoms with Gasteiger partial charge in [0.25, 0.3) is 0 Å². The maximum atomic E-state index is 5.68. The Morgan fingerprint density at radius 1 is 1.16 bits per heavy atom. The van der Waals surface area contributed by atoms with E-state index in [0.717, 1.165) is 31.4 Å². The number of ether oxygens (including phenoxy) is 2. The van der Waals surface area contributed by atoms with E-state index in [0.29, 0.717) is 13.2 Å². The summed E-state index contributed by atoms with van der Waals surface area (Å²) in [5.74, 6) is 1.63. The molecular weight excluding hydrogens is 375 g/mol. The Balaban J connectivity index is 1.86. The van der Waals surface area contributed by atoms with Gasteiger partial charge in [0, 0.05) is 17.5 Å². The number of halogens is 1. The third kappa shape index (κ3) is 3.11. The molecule has 19 heavy (non-hydrogen) atoms. The number of hydrogen-bond donors (Lipinski definition) is 0. The summed E-state index contributed by atoms with van der Waals surface area (Å²) < 4.78 is 12.3. The first-order chi connectivity index (χ1) is 9.33. The maximum absolute atomic E-state index is 5.68. The summed E-state index contributed by atoms with van der Waals surface area (Å²) in [7, 11) is 0. The highest BCUT2D eigenvalue weighted by Gasteiger charge is 2.12. The first kappa shape index (κ1) is 13.0. The van der Waals surface area contributed by atoms with Crippen LogP contribution < -0.4 is 9.47 Å². The first-order valence-corrected chi connectivity index (χ1v) is 7.75. The Morgan fingerprint density at radius 3 is 2.84 bits per heavy atom. The third-order valence-electron chi connectivity index (χ3n) is 2.57. The molecule has 0 saturated heterocycles. The van der Waals surface area contributed by atoms with Crippen molar-refractivity contribution in [3.8, 4) is 11.5 Å². The van der Waals surface area contributed by atoms with Gasteiger partial charge < -0.3 is 9.47 Å². The minimum Gasteiger partial charge on any atom is -0.490 e. The van der Waals surface area contributed by atoms with Gasteiger partial charge in [-0.2, -0.15) is 0 Å². The van der Waals surface area contributed by atoms with Gasteiger partial charge in [-0.05, 0) is 40.8 Å². The molecule has 98 valence electrons. The van der Waals surface area contributed by atoms with Crippen LogP contribution in [0.15, 0.2) is 40.6 Å². The van der Waals surface area contributed by atoms with Crippen molar-refractivity contribution in [2.24, 2.45) is 0 Å². The molecule has 0 aliphatic carbocycles. The molecule has 0 radical (unpaired) electrons. The largest absolute Gasteiger partial charge is 0.490 e. The van der Waals surface area contributed by atoms with Gasteiger partial charge in [0.2, 0.25) is 0 Å². The van der Waals surface area contributed by atoms with E-state index in [9.17, 15) is 0 Å². The molecule has 0 fully saturated rings. The average Bonchev–Trinajstić information content (AvgIpc) is 2.66. The lowest BCUT2D eigenvalue weighted by molar-refractivity contribution is 0.297. The van der Waals surface area contributed by atoms with E-state index in [4.69, 9.17) is 9.47 Å². The van der Waals surface area contributed by atoms with Gasteiger partial charge >= 0.3 is 0 Å². The van der Waals surface area contributed by atoms with Crippen molar-refractivity contribution >= 4 is 34.4 Å². The Hall–Kier alpha value is -1.02. The molecule has 0 amide bonds. The van der Waals surface area contributed by atoms with Crippen LogP contribution in [0, 0.1) is 3.57 Å². The lowest BCUT2D eigenvalue weighted by Gasteiger charge is -2.09. The fourth-order valence-corrected chi connectivity index (χ4v) is 3.10. The van der Waals surface area contributed by atoms with E-state index in [-0.39, 0.29) is 0 Å². The standard InChI is InChI=1S/C13H11IN2O2S/c14-10-7-15-8-16-13(10)19-9-2-3-11-12(6-9)18-5-1-4-17-11/h2-3,6-8H,1,4-5H2. The number of rotatable bonds is 2. The number of nitrogens with zero attached hydrogens (tertiary/aromatic N) is 2. The molecule has 2 heterocycles. The van der Waals surface area contributed by atoms with Gasteiger partial charge in [-0.25, -0.2) is 9.97 Å². The van der Waals surface area contributed by atoms with Crippen LogP contribution in [0.3, 0.4) is 0 Å². The highest BCUT2D eigenvalue weighted by Crippen LogP contribution is 2.36. The zero-order valence-corrected chi connectivity index (χ0v) is 13.0. The van der Waals surface area contributed by atoms with E-state index in [1.165, 1.54) is 0 Å². The summed E-state index contributed by atoms with van der Waals surface area (Å²) in [6, 6.07) is 5.98. The predicted molar refractivity (Wildman–Crippen MR) is 80.9 cm³/mol. The van der Waals surface area contributed by atoms with Crippen LogP contribution in [-0.4, -0.2) is 23.2 Å². The topological polar surface area (TPSA) is 44.2 Å². The molecule has 1 aromatic heterocycles. The van der Waals surface area contributed by atoms with E-state index in [2.05, 4.69) is 32.6 Å². The molecule has 1 aliphatic heterocycles. The predicted octanol–water partition coefficient (Wildman–Crippen LogP) is 3.39. The SMILES string of the molecule is Ic1cncnc1Sc1ccc2c(c1)OCCCO2. The molecule has 4 nitrogen and oxygen atoms in total. The molecule has 2 aromatic rings. The van der Waals surface area contributed by atoms with E-state index < -0.39 is 0 Å². The van der Waals surface area contributed by atoms with Crippen molar-refractivity contribution < 1.29 is 9.47 Å². The van der Waals surface area contributed by atoms with Crippen LogP contribution in [-0.2, 0) is 0 Å². The van der Waals surface area contributed by atoms with Crippen LogP contribution in [0.2, 0.25) is 0 Å². The average molecular weight is 386 g/mol. The zero-order valence-electron chi connectivity index (χ0n) is 10.0. The highest BCUT2D eigenvalue weighted by molar-refractivity contribution is 14.1. The molecular formula is C13H11IN2O2S. The first-order valence-electron chi connectivity index (χ1n) is 5.86. The van der Waals surface area contributed by atoms with Crippen molar-refractivity contribution in [3.05, 3.63) is 34.3 Å². The van der Waals surface area contributed by atoms with E-state index in [1.807, 2.05) is 18.2 Å². The Labute approximate surface area is 129 Å². The normalized spacial score (nSPS) is 13.9. The summed E-state index contributed by atoms with van der Waals surface area (Å²) in [6.07, 6.45) is 4.29. The van der Waals surface area contributed by atoms with E-state index in [1.54, 1.807) is 24.3 Å². The molecule has 1 aliphatic rings. The Kier molecular flexibility index (Phi) is 4.07. The van der Waals surface area contributed by atoms with Gasteiger partial charge in [0.15, 0.2) is 11.5 Å². The van der Waals surface area contributed by atoms with Crippen LogP contribution in [0.5, 0.6) is 11.5 Å². The number of benzene rings is 1. The minimum absolute atomic E-state index is 0.701. The number of aromatic nitrogens is 2. The lowest BCUT2D eigenvalue weighted by atomic mass is 10.3. The highest BCUT2D eigenvalue weighted by atomic mass is 127. The second kappa shape index (κ2) is 5.96. The zero-order chi connectivity index (χ0) is 13.1. The summed E-state index contributed by atoms with van der Waals surface area (Å²) in [5.41, 5.74) is 0. The van der Waals surface area contributed by atoms with Crippen LogP contribution in [0.1, 0.15) is 6.42 Å². The third-order valence-corrected chi connectivity index (χ3v) is 4.73. The van der Waals surface area contributed by atoms with Crippen molar-refractivity contribution in [3.63, 3.8) is 0 Å². The van der Waals surface area contributed by atoms with Gasteiger partial charge in [-0.3, -0.25) is 0 Å². The van der Waals surface area contributed by atoms with Crippen LogP contribution >= 0.6 is 34.4 Å². The van der Waals surface area contributed by atoms with Gasteiger partial charge in [0.05, 0.1) is 16.8 Å². The van der Waals surface area contributed by atoms with E-state index >= 15 is 0 Å². The summed E-state index contributed by atoms with van der Waals surface area (Å²) in [4.78, 5) is 9.35. The smallest absolute Gasteiger partial charge is 0.162 e.